The minimum Gasteiger partial charge on any atom is -0.351 e. The molecule has 1 aliphatic heterocycles. The molecule has 150 valence electrons. The molecule has 0 bridgehead atoms. The largest absolute Gasteiger partial charge is 0.351 e. The van der Waals surface area contributed by atoms with Gasteiger partial charge in [-0.05, 0) is 70.0 Å². The molecule has 28 heavy (non-hydrogen) atoms. The fourth-order valence-electron chi connectivity index (χ4n) is 3.77. The van der Waals surface area contributed by atoms with Gasteiger partial charge in [-0.1, -0.05) is 17.7 Å². The molecule has 1 amide bonds. The second-order valence-corrected chi connectivity index (χ2v) is 8.02. The number of hydrogen-bond donors (Lipinski definition) is 1. The standard InChI is InChI=1S/C21H28ClN5O/c1-14-11-15(2)20(18(22)12-14)24-21(28)16(3)26(4)13-17-7-6-10-27(17)19-8-5-9-23-25-19/h5,8-9,11-12,16-17H,6-7,10,13H2,1-4H3,(H,24,28). The number of benzene rings is 1. The van der Waals surface area contributed by atoms with Gasteiger partial charge in [0.15, 0.2) is 5.82 Å². The summed E-state index contributed by atoms with van der Waals surface area (Å²) in [6.45, 7) is 7.63. The average Bonchev–Trinajstić information content (AvgIpc) is 3.12. The maximum absolute atomic E-state index is 12.8. The van der Waals surface area contributed by atoms with Crippen LogP contribution in [0.4, 0.5) is 11.5 Å². The minimum atomic E-state index is -0.277. The first kappa shape index (κ1) is 20.6. The zero-order chi connectivity index (χ0) is 20.3. The molecule has 0 radical (unpaired) electrons. The number of aromatic nitrogens is 2. The highest BCUT2D eigenvalue weighted by Gasteiger charge is 2.29. The van der Waals surface area contributed by atoms with Gasteiger partial charge in [-0.15, -0.1) is 5.10 Å². The predicted molar refractivity (Wildman–Crippen MR) is 114 cm³/mol. The number of halogens is 1. The van der Waals surface area contributed by atoms with E-state index < -0.39 is 0 Å². The first-order chi connectivity index (χ1) is 13.4. The van der Waals surface area contributed by atoms with Crippen molar-refractivity contribution in [3.63, 3.8) is 0 Å². The highest BCUT2D eigenvalue weighted by molar-refractivity contribution is 6.34. The maximum Gasteiger partial charge on any atom is 0.241 e. The Hall–Kier alpha value is -2.18. The van der Waals surface area contributed by atoms with Crippen molar-refractivity contribution in [2.75, 3.05) is 30.4 Å². The van der Waals surface area contributed by atoms with E-state index in [4.69, 9.17) is 11.6 Å². The van der Waals surface area contributed by atoms with Crippen molar-refractivity contribution in [2.45, 2.75) is 45.7 Å². The zero-order valence-corrected chi connectivity index (χ0v) is 17.7. The van der Waals surface area contributed by atoms with Gasteiger partial charge in [-0.25, -0.2) is 0 Å². The molecule has 2 unspecified atom stereocenters. The molecule has 1 aromatic heterocycles. The van der Waals surface area contributed by atoms with E-state index in [0.717, 1.165) is 42.9 Å². The highest BCUT2D eigenvalue weighted by atomic mass is 35.5. The van der Waals surface area contributed by atoms with Crippen LogP contribution in [0.25, 0.3) is 0 Å². The number of amides is 1. The maximum atomic E-state index is 12.8. The van der Waals surface area contributed by atoms with Gasteiger partial charge in [0.1, 0.15) is 0 Å². The summed E-state index contributed by atoms with van der Waals surface area (Å²) in [6, 6.07) is 7.83. The molecule has 1 fully saturated rings. The Kier molecular flexibility index (Phi) is 6.52. The molecule has 1 N–H and O–H groups in total. The van der Waals surface area contributed by atoms with Gasteiger partial charge in [0.25, 0.3) is 0 Å². The van der Waals surface area contributed by atoms with Gasteiger partial charge in [0.05, 0.1) is 16.8 Å². The van der Waals surface area contributed by atoms with Crippen molar-refractivity contribution in [1.82, 2.24) is 15.1 Å². The van der Waals surface area contributed by atoms with E-state index in [9.17, 15) is 4.79 Å². The molecule has 7 heteroatoms. The lowest BCUT2D eigenvalue weighted by Crippen LogP contribution is -2.46. The normalized spacial score (nSPS) is 17.8. The molecule has 3 rings (SSSR count). The minimum absolute atomic E-state index is 0.0552. The number of carbonyl (C=O) groups is 1. The van der Waals surface area contributed by atoms with Crippen LogP contribution in [-0.2, 0) is 4.79 Å². The fraction of sp³-hybridized carbons (Fsp3) is 0.476. The molecule has 1 saturated heterocycles. The molecule has 0 saturated carbocycles. The second-order valence-electron chi connectivity index (χ2n) is 7.61. The van der Waals surface area contributed by atoms with Crippen LogP contribution >= 0.6 is 11.6 Å². The molecule has 6 nitrogen and oxygen atoms in total. The van der Waals surface area contributed by atoms with Crippen molar-refractivity contribution >= 4 is 29.0 Å². The fourth-order valence-corrected chi connectivity index (χ4v) is 4.13. The molecular formula is C21H28ClN5O. The number of carbonyl (C=O) groups excluding carboxylic acids is 1. The van der Waals surface area contributed by atoms with E-state index in [1.165, 1.54) is 0 Å². The van der Waals surface area contributed by atoms with Crippen LogP contribution in [0.3, 0.4) is 0 Å². The Balaban J connectivity index is 1.64. The quantitative estimate of drug-likeness (QED) is 0.800. The summed E-state index contributed by atoms with van der Waals surface area (Å²) in [6.07, 6.45) is 3.89. The van der Waals surface area contributed by atoms with Gasteiger partial charge in [0.2, 0.25) is 5.91 Å². The summed E-state index contributed by atoms with van der Waals surface area (Å²) in [5.74, 6) is 0.845. The van der Waals surface area contributed by atoms with Crippen LogP contribution < -0.4 is 10.2 Å². The van der Waals surface area contributed by atoms with Crippen LogP contribution in [-0.4, -0.2) is 53.2 Å². The molecule has 2 atom stereocenters. The summed E-state index contributed by atoms with van der Waals surface area (Å²) >= 11 is 6.34. The molecule has 1 aromatic carbocycles. The number of nitrogens with zero attached hydrogens (tertiary/aromatic N) is 4. The topological polar surface area (TPSA) is 61.4 Å². The van der Waals surface area contributed by atoms with Crippen molar-refractivity contribution in [3.8, 4) is 0 Å². The predicted octanol–water partition coefficient (Wildman–Crippen LogP) is 3.67. The van der Waals surface area contributed by atoms with E-state index in [0.29, 0.717) is 16.8 Å². The summed E-state index contributed by atoms with van der Waals surface area (Å²) in [4.78, 5) is 17.2. The number of rotatable bonds is 6. The molecule has 2 heterocycles. The van der Waals surface area contributed by atoms with Crippen molar-refractivity contribution in [3.05, 3.63) is 46.6 Å². The van der Waals surface area contributed by atoms with Gasteiger partial charge >= 0.3 is 0 Å². The number of likely N-dealkylation sites (N-methyl/N-ethyl adjacent to an activating group) is 1. The first-order valence-electron chi connectivity index (χ1n) is 9.69. The highest BCUT2D eigenvalue weighted by Crippen LogP contribution is 2.28. The molecule has 0 spiro atoms. The molecule has 1 aliphatic rings. The van der Waals surface area contributed by atoms with Gasteiger partial charge < -0.3 is 10.2 Å². The molecule has 0 aliphatic carbocycles. The van der Waals surface area contributed by atoms with Crippen molar-refractivity contribution < 1.29 is 4.79 Å². The van der Waals surface area contributed by atoms with Crippen LogP contribution in [0.1, 0.15) is 30.9 Å². The van der Waals surface area contributed by atoms with E-state index in [1.54, 1.807) is 6.20 Å². The number of anilines is 2. The number of hydrogen-bond acceptors (Lipinski definition) is 5. The molecule has 2 aromatic rings. The van der Waals surface area contributed by atoms with Crippen LogP contribution in [0.15, 0.2) is 30.5 Å². The van der Waals surface area contributed by atoms with Gasteiger partial charge in [-0.3, -0.25) is 9.69 Å². The second kappa shape index (κ2) is 8.88. The third kappa shape index (κ3) is 4.62. The summed E-state index contributed by atoms with van der Waals surface area (Å²) in [7, 11) is 1.99. The third-order valence-electron chi connectivity index (χ3n) is 5.45. The van der Waals surface area contributed by atoms with Gasteiger partial charge in [-0.2, -0.15) is 5.10 Å². The van der Waals surface area contributed by atoms with Crippen molar-refractivity contribution in [2.24, 2.45) is 0 Å². The monoisotopic (exact) mass is 401 g/mol. The Labute approximate surface area is 171 Å². The van der Waals surface area contributed by atoms with E-state index in [1.807, 2.05) is 52.1 Å². The summed E-state index contributed by atoms with van der Waals surface area (Å²) < 4.78 is 0. The van der Waals surface area contributed by atoms with Crippen LogP contribution in [0.5, 0.6) is 0 Å². The Morgan fingerprint density at radius 3 is 2.89 bits per heavy atom. The van der Waals surface area contributed by atoms with Crippen LogP contribution in [0.2, 0.25) is 5.02 Å². The van der Waals surface area contributed by atoms with Gasteiger partial charge in [0, 0.05) is 25.3 Å². The number of nitrogens with one attached hydrogen (secondary N) is 1. The lowest BCUT2D eigenvalue weighted by Gasteiger charge is -2.32. The summed E-state index contributed by atoms with van der Waals surface area (Å²) in [5.41, 5.74) is 2.74. The smallest absolute Gasteiger partial charge is 0.241 e. The zero-order valence-electron chi connectivity index (χ0n) is 16.9. The summed E-state index contributed by atoms with van der Waals surface area (Å²) in [5, 5.41) is 11.8. The Bertz CT molecular complexity index is 806. The van der Waals surface area contributed by atoms with E-state index >= 15 is 0 Å². The van der Waals surface area contributed by atoms with Crippen LogP contribution in [0, 0.1) is 13.8 Å². The Morgan fingerprint density at radius 2 is 2.21 bits per heavy atom. The third-order valence-corrected chi connectivity index (χ3v) is 5.75. The van der Waals surface area contributed by atoms with Crippen molar-refractivity contribution in [1.29, 1.82) is 0 Å². The SMILES string of the molecule is Cc1cc(C)c(NC(=O)C(C)N(C)CC2CCCN2c2cccnn2)c(Cl)c1. The Morgan fingerprint density at radius 1 is 1.43 bits per heavy atom. The lowest BCUT2D eigenvalue weighted by atomic mass is 10.1. The first-order valence-corrected chi connectivity index (χ1v) is 10.1. The number of aryl methyl sites for hydroxylation is 2. The van der Waals surface area contributed by atoms with E-state index in [-0.39, 0.29) is 11.9 Å². The molecular weight excluding hydrogens is 374 g/mol. The van der Waals surface area contributed by atoms with E-state index in [2.05, 4.69) is 25.3 Å². The lowest BCUT2D eigenvalue weighted by molar-refractivity contribution is -0.120. The average molecular weight is 402 g/mol.